The van der Waals surface area contributed by atoms with Gasteiger partial charge in [0.05, 0.1) is 51.3 Å². The highest BCUT2D eigenvalue weighted by Crippen LogP contribution is 2.48. The Hall–Kier alpha value is -6.12. The largest absolute Gasteiger partial charge is 0.457 e. The predicted molar refractivity (Wildman–Crippen MR) is 219 cm³/mol. The molecule has 15 nitrogen and oxygen atoms in total. The highest BCUT2D eigenvalue weighted by molar-refractivity contribution is 5.94. The zero-order valence-electron chi connectivity index (χ0n) is 33.9. The molecule has 1 fully saturated rings. The maximum absolute atomic E-state index is 13.6. The fourth-order valence-corrected chi connectivity index (χ4v) is 8.24. The van der Waals surface area contributed by atoms with Crippen LogP contribution in [0.25, 0.3) is 22.0 Å². The normalized spacial score (nSPS) is 18.7. The lowest BCUT2D eigenvalue weighted by molar-refractivity contribution is -0.134. The van der Waals surface area contributed by atoms with Crippen molar-refractivity contribution in [1.82, 2.24) is 35.7 Å². The summed E-state index contributed by atoms with van der Waals surface area (Å²) in [6, 6.07) is 15.9. The van der Waals surface area contributed by atoms with Gasteiger partial charge in [-0.25, -0.2) is 14.6 Å². The van der Waals surface area contributed by atoms with Gasteiger partial charge in [-0.3, -0.25) is 14.6 Å². The molecule has 3 unspecified atom stereocenters. The summed E-state index contributed by atoms with van der Waals surface area (Å²) in [4.78, 5) is 66.3. The van der Waals surface area contributed by atoms with Crippen molar-refractivity contribution in [2.45, 2.75) is 71.0 Å². The molecule has 4 heterocycles. The molecule has 4 atom stereocenters. The summed E-state index contributed by atoms with van der Waals surface area (Å²) in [5.41, 5.74) is 5.06. The first-order chi connectivity index (χ1) is 28.0. The Bertz CT molecular complexity index is 2230. The molecule has 58 heavy (non-hydrogen) atoms. The Balaban J connectivity index is 1.03. The number of methoxy groups -OCH3 is 2. The summed E-state index contributed by atoms with van der Waals surface area (Å²) in [6.45, 7) is 9.89. The van der Waals surface area contributed by atoms with E-state index < -0.39 is 18.2 Å². The standard InChI is InChI=1S/C43H52N8O7/c1-7-16-50(41(53)39(24(2)3)49-43(55)57-6)23-36-44-20-31(47-36)27-11-14-30-26(18-27)12-15-34-38(30)25(4)29-13-10-28(19-35(29)58-34)32-21-45-40(48-32)33-9-8-17-51(33)37(52)22-46-42(54)56-5/h10-15,18-19,21,24-25,31,33,39H,7-9,16-17,20,22-23H2,1-6H3,(H,44,47)(H,45,48)(H,46,54)(H,49,55)/t25?,31?,33-,39?/m0/s1. The number of benzene rings is 3. The molecule has 1 saturated heterocycles. The molecule has 0 aliphatic carbocycles. The second-order valence-corrected chi connectivity index (χ2v) is 15.4. The number of hydrogen-bond donors (Lipinski definition) is 4. The Morgan fingerprint density at radius 1 is 1.03 bits per heavy atom. The summed E-state index contributed by atoms with van der Waals surface area (Å²) in [7, 11) is 2.55. The lowest BCUT2D eigenvalue weighted by atomic mass is 9.85. The molecule has 7 rings (SSSR count). The lowest BCUT2D eigenvalue weighted by Crippen LogP contribution is -2.53. The van der Waals surface area contributed by atoms with E-state index in [2.05, 4.69) is 74.0 Å². The highest BCUT2D eigenvalue weighted by Gasteiger charge is 2.34. The number of likely N-dealkylation sites (tertiary alicyclic amines) is 1. The van der Waals surface area contributed by atoms with Gasteiger partial charge in [0.1, 0.15) is 35.7 Å². The van der Waals surface area contributed by atoms with Crippen LogP contribution in [0.5, 0.6) is 11.5 Å². The van der Waals surface area contributed by atoms with E-state index in [4.69, 9.17) is 14.5 Å². The van der Waals surface area contributed by atoms with Gasteiger partial charge >= 0.3 is 12.2 Å². The molecule has 3 aliphatic heterocycles. The maximum Gasteiger partial charge on any atom is 0.407 e. The molecule has 3 aromatic carbocycles. The number of rotatable bonds is 12. The first kappa shape index (κ1) is 40.1. The van der Waals surface area contributed by atoms with E-state index >= 15 is 0 Å². The number of alkyl carbamates (subject to hydrolysis) is 2. The second kappa shape index (κ2) is 17.2. The molecule has 4 N–H and O–H groups in total. The fourth-order valence-electron chi connectivity index (χ4n) is 8.24. The van der Waals surface area contributed by atoms with Crippen molar-refractivity contribution in [1.29, 1.82) is 0 Å². The van der Waals surface area contributed by atoms with Crippen LogP contribution in [-0.4, -0.2) is 103 Å². The number of aromatic amines is 1. The van der Waals surface area contributed by atoms with Crippen molar-refractivity contribution in [3.05, 3.63) is 77.2 Å². The zero-order valence-corrected chi connectivity index (χ0v) is 33.9. The number of aromatic nitrogens is 2. The van der Waals surface area contributed by atoms with E-state index in [0.29, 0.717) is 32.0 Å². The number of imidazole rings is 1. The number of hydrogen-bond acceptors (Lipinski definition) is 10. The minimum atomic E-state index is -0.702. The third-order valence-electron chi connectivity index (χ3n) is 11.3. The maximum atomic E-state index is 13.6. The number of H-pyrrole nitrogens is 1. The fraction of sp³-hybridized carbons (Fsp3) is 0.442. The number of nitrogens with one attached hydrogen (secondary N) is 4. The Morgan fingerprint density at radius 2 is 1.84 bits per heavy atom. The van der Waals surface area contributed by atoms with Crippen LogP contribution >= 0.6 is 0 Å². The molecule has 15 heteroatoms. The van der Waals surface area contributed by atoms with Crippen LogP contribution in [0, 0.1) is 5.92 Å². The smallest absolute Gasteiger partial charge is 0.407 e. The van der Waals surface area contributed by atoms with E-state index in [1.165, 1.54) is 14.2 Å². The number of fused-ring (bicyclic) bond motifs is 4. The van der Waals surface area contributed by atoms with Gasteiger partial charge in [-0.2, -0.15) is 0 Å². The topological polar surface area (TPSA) is 180 Å². The first-order valence-electron chi connectivity index (χ1n) is 20.0. The number of amidine groups is 1. The SMILES string of the molecule is CCCN(CC1=NCC(c2ccc3c4c(ccc3c2)Oc2cc(-c3cnc([C@@H]5CCCN5C(=O)CNC(=O)OC)[nH]3)ccc2C4C)N1)C(=O)C(NC(=O)OC)C(C)C. The number of amides is 4. The van der Waals surface area contributed by atoms with Gasteiger partial charge in [-0.05, 0) is 59.7 Å². The zero-order chi connectivity index (χ0) is 41.1. The van der Waals surface area contributed by atoms with Crippen LogP contribution in [0.1, 0.15) is 87.5 Å². The summed E-state index contributed by atoms with van der Waals surface area (Å²) >= 11 is 0. The van der Waals surface area contributed by atoms with Crippen LogP contribution in [0.15, 0.2) is 59.7 Å². The molecule has 0 bridgehead atoms. The van der Waals surface area contributed by atoms with Crippen molar-refractivity contribution in [3.63, 3.8) is 0 Å². The summed E-state index contributed by atoms with van der Waals surface area (Å²) < 4.78 is 16.0. The average molecular weight is 793 g/mol. The predicted octanol–water partition coefficient (Wildman–Crippen LogP) is 6.17. The minimum Gasteiger partial charge on any atom is -0.457 e. The second-order valence-electron chi connectivity index (χ2n) is 15.4. The third-order valence-corrected chi connectivity index (χ3v) is 11.3. The Kier molecular flexibility index (Phi) is 11.9. The van der Waals surface area contributed by atoms with E-state index in [1.807, 2.05) is 32.9 Å². The first-order valence-corrected chi connectivity index (χ1v) is 20.0. The van der Waals surface area contributed by atoms with Crippen molar-refractivity contribution < 1.29 is 33.4 Å². The van der Waals surface area contributed by atoms with Crippen LogP contribution in [0.4, 0.5) is 9.59 Å². The molecule has 0 spiro atoms. The molecular formula is C43H52N8O7. The number of aliphatic imine (C=N–C) groups is 1. The monoisotopic (exact) mass is 792 g/mol. The Morgan fingerprint density at radius 3 is 2.60 bits per heavy atom. The molecule has 0 radical (unpaired) electrons. The van der Waals surface area contributed by atoms with Crippen molar-refractivity contribution in [3.8, 4) is 22.8 Å². The van der Waals surface area contributed by atoms with E-state index in [1.54, 1.807) is 16.0 Å². The van der Waals surface area contributed by atoms with Crippen molar-refractivity contribution >= 4 is 40.6 Å². The van der Waals surface area contributed by atoms with Gasteiger partial charge in [0.15, 0.2) is 0 Å². The van der Waals surface area contributed by atoms with E-state index in [9.17, 15) is 19.2 Å². The quantitative estimate of drug-likeness (QED) is 0.131. The lowest BCUT2D eigenvalue weighted by Gasteiger charge is -2.29. The van der Waals surface area contributed by atoms with Crippen LogP contribution < -0.4 is 20.7 Å². The highest BCUT2D eigenvalue weighted by atomic mass is 16.5. The summed E-state index contributed by atoms with van der Waals surface area (Å²) in [6.07, 6.45) is 2.91. The third kappa shape index (κ3) is 8.16. The van der Waals surface area contributed by atoms with Crippen molar-refractivity contribution in [2.24, 2.45) is 10.9 Å². The minimum absolute atomic E-state index is 0.0419. The number of ether oxygens (including phenoxy) is 3. The summed E-state index contributed by atoms with van der Waals surface area (Å²) in [5.74, 6) is 2.65. The van der Waals surface area contributed by atoms with Gasteiger partial charge in [-0.15, -0.1) is 0 Å². The van der Waals surface area contributed by atoms with Gasteiger partial charge in [0, 0.05) is 35.7 Å². The van der Waals surface area contributed by atoms with Gasteiger partial charge in [0.2, 0.25) is 11.8 Å². The van der Waals surface area contributed by atoms with Gasteiger partial charge in [0.25, 0.3) is 0 Å². The van der Waals surface area contributed by atoms with Crippen molar-refractivity contribution in [2.75, 3.05) is 46.9 Å². The Labute approximate surface area is 337 Å². The molecule has 0 saturated carbocycles. The number of carbonyl (C=O) groups excluding carboxylic acids is 4. The number of nitrogens with zero attached hydrogens (tertiary/aromatic N) is 4. The molecular weight excluding hydrogens is 741 g/mol. The average Bonchev–Trinajstić information content (AvgIpc) is 4.03. The summed E-state index contributed by atoms with van der Waals surface area (Å²) in [5, 5.41) is 10.9. The molecule has 4 amide bonds. The van der Waals surface area contributed by atoms with Crippen LogP contribution in [-0.2, 0) is 19.1 Å². The van der Waals surface area contributed by atoms with Gasteiger partial charge < -0.3 is 44.9 Å². The van der Waals surface area contributed by atoms with Crippen LogP contribution in [0.2, 0.25) is 0 Å². The molecule has 3 aliphatic rings. The number of carbonyl (C=O) groups is 4. The van der Waals surface area contributed by atoms with E-state index in [-0.39, 0.29) is 42.3 Å². The molecule has 1 aromatic heterocycles. The van der Waals surface area contributed by atoms with E-state index in [0.717, 1.165) is 75.3 Å². The van der Waals surface area contributed by atoms with Crippen LogP contribution in [0.3, 0.4) is 0 Å². The molecule has 4 aromatic rings. The molecule has 306 valence electrons. The van der Waals surface area contributed by atoms with Gasteiger partial charge in [-0.1, -0.05) is 58.0 Å².